The van der Waals surface area contributed by atoms with Crippen molar-refractivity contribution < 1.29 is 36.8 Å². The zero-order valence-electron chi connectivity index (χ0n) is 16.8. The van der Waals surface area contributed by atoms with Crippen LogP contribution in [0.3, 0.4) is 0 Å². The van der Waals surface area contributed by atoms with Gasteiger partial charge in [-0.05, 0) is 33.1 Å². The molecule has 158 valence electrons. The number of phosphoric ester groups is 1. The van der Waals surface area contributed by atoms with Gasteiger partial charge in [0.25, 0.3) is 0 Å². The first-order valence-corrected chi connectivity index (χ1v) is 11.5. The Hall–Kier alpha value is -0.0600. The summed E-state index contributed by atoms with van der Waals surface area (Å²) in [7, 11) is -8.65. The Morgan fingerprint density at radius 3 is 1.96 bits per heavy atom. The third-order valence-electron chi connectivity index (χ3n) is 3.73. The van der Waals surface area contributed by atoms with Crippen molar-refractivity contribution in [3.63, 3.8) is 0 Å². The third kappa shape index (κ3) is 10.9. The predicted octanol–water partition coefficient (Wildman–Crippen LogP) is 0.686. The van der Waals surface area contributed by atoms with Crippen molar-refractivity contribution in [1.29, 1.82) is 0 Å². The summed E-state index contributed by atoms with van der Waals surface area (Å²) in [6, 6.07) is 0. The maximum Gasteiger partial charge on any atom is 0.211 e. The van der Waals surface area contributed by atoms with Crippen molar-refractivity contribution in [3.05, 3.63) is 0 Å². The average molecular weight is 417 g/mol. The number of phosphoric acid groups is 1. The number of hydrogen-bond donors (Lipinski definition) is 0. The van der Waals surface area contributed by atoms with Gasteiger partial charge in [0.2, 0.25) is 10.0 Å². The maximum atomic E-state index is 12.1. The molecule has 0 aliphatic rings. The summed E-state index contributed by atoms with van der Waals surface area (Å²) in [5.41, 5.74) is -0.886. The van der Waals surface area contributed by atoms with E-state index in [1.54, 1.807) is 20.8 Å². The van der Waals surface area contributed by atoms with Crippen molar-refractivity contribution in [2.45, 2.75) is 66.2 Å². The molecule has 0 unspecified atom stereocenters. The number of nitrogens with zero attached hydrogens (tertiary/aromatic N) is 1. The number of hydrogen-bond acceptors (Lipinski definition) is 8. The molecule has 0 aromatic rings. The van der Waals surface area contributed by atoms with Crippen LogP contribution in [0.4, 0.5) is 0 Å². The van der Waals surface area contributed by atoms with E-state index in [4.69, 9.17) is 9.47 Å². The molecule has 0 saturated heterocycles. The molecule has 0 saturated carbocycles. The average Bonchev–Trinajstić information content (AvgIpc) is 2.35. The zero-order chi connectivity index (χ0) is 21.0. The second-order valence-electron chi connectivity index (χ2n) is 8.30. The largest absolute Gasteiger partial charge is 0.790 e. The zero-order valence-corrected chi connectivity index (χ0v) is 18.6. The Morgan fingerprint density at radius 2 is 1.62 bits per heavy atom. The minimum atomic E-state index is -5.13. The molecule has 0 amide bonds. The van der Waals surface area contributed by atoms with Crippen LogP contribution < -0.4 is 9.79 Å². The van der Waals surface area contributed by atoms with Gasteiger partial charge in [0.1, 0.15) is 0 Å². The molecule has 0 spiro atoms. The molecular weight excluding hydrogens is 385 g/mol. The number of ether oxygens (including phenoxy) is 2. The van der Waals surface area contributed by atoms with Crippen LogP contribution in [-0.2, 0) is 28.6 Å². The molecule has 0 aliphatic heterocycles. The minimum Gasteiger partial charge on any atom is -0.790 e. The van der Waals surface area contributed by atoms with Gasteiger partial charge in [0, 0.05) is 12.1 Å². The summed E-state index contributed by atoms with van der Waals surface area (Å²) in [4.78, 5) is 21.0. The monoisotopic (exact) mass is 417 g/mol. The summed E-state index contributed by atoms with van der Waals surface area (Å²) >= 11 is 0. The van der Waals surface area contributed by atoms with Crippen LogP contribution in [0.1, 0.15) is 48.5 Å². The molecule has 0 aliphatic carbocycles. The Morgan fingerprint density at radius 1 is 1.12 bits per heavy atom. The quantitative estimate of drug-likeness (QED) is 0.288. The van der Waals surface area contributed by atoms with Gasteiger partial charge in [0.05, 0.1) is 32.9 Å². The summed E-state index contributed by atoms with van der Waals surface area (Å²) in [6.45, 7) is 12.2. The second kappa shape index (κ2) is 9.43. The highest BCUT2D eigenvalue weighted by molar-refractivity contribution is 7.88. The normalized spacial score (nSPS) is 16.7. The molecule has 0 aromatic carbocycles. The van der Waals surface area contributed by atoms with E-state index in [2.05, 4.69) is 4.52 Å². The molecule has 0 aromatic heterocycles. The fourth-order valence-electron chi connectivity index (χ4n) is 2.00. The van der Waals surface area contributed by atoms with E-state index < -0.39 is 36.3 Å². The van der Waals surface area contributed by atoms with Gasteiger partial charge in [-0.2, -0.15) is 4.31 Å². The first kappa shape index (κ1) is 25.9. The highest BCUT2D eigenvalue weighted by Gasteiger charge is 2.34. The summed E-state index contributed by atoms with van der Waals surface area (Å²) in [5, 5.41) is 0. The van der Waals surface area contributed by atoms with Crippen LogP contribution in [0.2, 0.25) is 0 Å². The summed E-state index contributed by atoms with van der Waals surface area (Å²) < 4.78 is 51.1. The Kier molecular flexibility index (Phi) is 9.40. The van der Waals surface area contributed by atoms with Gasteiger partial charge in [-0.15, -0.1) is 0 Å². The minimum absolute atomic E-state index is 0.00909. The standard InChI is InChI=1S/C15H34NO8PS/c1-12(14(2,3)4)24-13(10-22-11-23-25(17,18)19)9-16(15(5,6)7)26(8,20)21/h12-13H,9-11H2,1-8H3,(H2,17,18,19)/p-2/t12-,13-/m0/s1. The molecule has 26 heavy (non-hydrogen) atoms. The SMILES string of the molecule is C[C@H](O[C@H](COCOP(=O)([O-])[O-])CN(C(C)(C)C)S(C)(=O)=O)C(C)(C)C. The molecule has 0 fully saturated rings. The Labute approximate surface area is 157 Å². The van der Waals surface area contributed by atoms with E-state index in [-0.39, 0.29) is 24.7 Å². The lowest BCUT2D eigenvalue weighted by molar-refractivity contribution is -0.346. The molecule has 0 N–H and O–H groups in total. The summed E-state index contributed by atoms with van der Waals surface area (Å²) in [6.07, 6.45) is 0.195. The smallest absolute Gasteiger partial charge is 0.211 e. The Bertz CT molecular complexity index is 575. The van der Waals surface area contributed by atoms with Gasteiger partial charge >= 0.3 is 0 Å². The molecule has 0 bridgehead atoms. The van der Waals surface area contributed by atoms with Crippen LogP contribution in [0, 0.1) is 5.41 Å². The topological polar surface area (TPSA) is 128 Å². The second-order valence-corrected chi connectivity index (χ2v) is 11.4. The van der Waals surface area contributed by atoms with Crippen LogP contribution in [0.5, 0.6) is 0 Å². The number of rotatable bonds is 10. The molecule has 2 atom stereocenters. The van der Waals surface area contributed by atoms with Crippen LogP contribution in [-0.4, -0.2) is 56.7 Å². The van der Waals surface area contributed by atoms with E-state index in [1.165, 1.54) is 4.31 Å². The van der Waals surface area contributed by atoms with E-state index in [0.29, 0.717) is 0 Å². The first-order chi connectivity index (χ1) is 11.3. The van der Waals surface area contributed by atoms with Crippen LogP contribution >= 0.6 is 7.82 Å². The fourth-order valence-corrected chi connectivity index (χ4v) is 3.64. The van der Waals surface area contributed by atoms with Gasteiger partial charge in [-0.25, -0.2) is 8.42 Å². The lowest BCUT2D eigenvalue weighted by atomic mass is 9.90. The van der Waals surface area contributed by atoms with Crippen molar-refractivity contribution in [1.82, 2.24) is 4.31 Å². The van der Waals surface area contributed by atoms with Gasteiger partial charge in [-0.3, -0.25) is 0 Å². The third-order valence-corrected chi connectivity index (χ3v) is 5.65. The molecule has 9 nitrogen and oxygen atoms in total. The lowest BCUT2D eigenvalue weighted by Crippen LogP contribution is -2.51. The van der Waals surface area contributed by atoms with Crippen molar-refractivity contribution in [2.75, 3.05) is 26.2 Å². The molecule has 0 radical (unpaired) electrons. The maximum absolute atomic E-state index is 12.1. The van der Waals surface area contributed by atoms with E-state index in [9.17, 15) is 22.8 Å². The highest BCUT2D eigenvalue weighted by atomic mass is 32.2. The van der Waals surface area contributed by atoms with Crippen molar-refractivity contribution in [2.24, 2.45) is 5.41 Å². The van der Waals surface area contributed by atoms with Crippen LogP contribution in [0.15, 0.2) is 0 Å². The van der Waals surface area contributed by atoms with Gasteiger partial charge in [-0.1, -0.05) is 20.8 Å². The van der Waals surface area contributed by atoms with Gasteiger partial charge in [0.15, 0.2) is 6.79 Å². The van der Waals surface area contributed by atoms with Crippen molar-refractivity contribution in [3.8, 4) is 0 Å². The Balaban J connectivity index is 5.21. The fraction of sp³-hybridized carbons (Fsp3) is 1.00. The van der Waals surface area contributed by atoms with Crippen LogP contribution in [0.25, 0.3) is 0 Å². The molecule has 11 heteroatoms. The van der Waals surface area contributed by atoms with E-state index >= 15 is 0 Å². The van der Waals surface area contributed by atoms with Gasteiger partial charge < -0.3 is 28.3 Å². The highest BCUT2D eigenvalue weighted by Crippen LogP contribution is 2.26. The molecular formula is C15H32NO8PS-2. The van der Waals surface area contributed by atoms with E-state index in [1.807, 2.05) is 27.7 Å². The first-order valence-electron chi connectivity index (χ1n) is 8.21. The van der Waals surface area contributed by atoms with Crippen molar-refractivity contribution >= 4 is 17.8 Å². The predicted molar refractivity (Wildman–Crippen MR) is 94.6 cm³/mol. The molecule has 0 heterocycles. The lowest BCUT2D eigenvalue weighted by Gasteiger charge is -2.38. The summed E-state index contributed by atoms with van der Waals surface area (Å²) in [5.74, 6) is 0. The van der Waals surface area contributed by atoms with E-state index in [0.717, 1.165) is 6.26 Å². The molecule has 0 rings (SSSR count). The number of sulfonamides is 1.